The Bertz CT molecular complexity index is 1330. The van der Waals surface area contributed by atoms with Gasteiger partial charge < -0.3 is 0 Å². The number of hydrogen-bond donors (Lipinski definition) is 1. The molecule has 5 rings (SSSR count). The molecule has 0 bridgehead atoms. The summed E-state index contributed by atoms with van der Waals surface area (Å²) < 4.78 is 0. The molecule has 0 unspecified atom stereocenters. The first-order chi connectivity index (χ1) is 15.2. The van der Waals surface area contributed by atoms with Crippen LogP contribution in [-0.2, 0) is 0 Å². The van der Waals surface area contributed by atoms with Crippen LogP contribution in [0.25, 0.3) is 33.3 Å². The normalized spacial score (nSPS) is 10.9. The molecule has 0 aliphatic carbocycles. The average Bonchev–Trinajstić information content (AvgIpc) is 2.84. The van der Waals surface area contributed by atoms with Crippen LogP contribution in [0, 0.1) is 6.92 Å². The summed E-state index contributed by atoms with van der Waals surface area (Å²) in [6, 6.07) is 36.3. The Hall–Kier alpha value is -3.95. The van der Waals surface area contributed by atoms with Gasteiger partial charge in [0.1, 0.15) is 0 Å². The number of nitrogens with zero attached hydrogens (tertiary/aromatic N) is 2. The lowest BCUT2D eigenvalue weighted by atomic mass is 9.97. The molecule has 1 heterocycles. The fourth-order valence-corrected chi connectivity index (χ4v) is 3.84. The van der Waals surface area contributed by atoms with Gasteiger partial charge in [-0.25, -0.2) is 10.0 Å². The van der Waals surface area contributed by atoms with E-state index in [1.165, 1.54) is 5.06 Å². The SMILES string of the molecule is Cc1ccc(N(O)c2cccc3c(-c4ccccc4)cc(-c4ccccc4)nc23)cc1. The second kappa shape index (κ2) is 8.05. The van der Waals surface area contributed by atoms with Gasteiger partial charge in [-0.05, 0) is 42.3 Å². The molecule has 1 N–H and O–H groups in total. The first kappa shape index (κ1) is 19.0. The first-order valence-electron chi connectivity index (χ1n) is 10.3. The maximum absolute atomic E-state index is 11.1. The summed E-state index contributed by atoms with van der Waals surface area (Å²) >= 11 is 0. The van der Waals surface area contributed by atoms with E-state index in [9.17, 15) is 5.21 Å². The molecule has 0 amide bonds. The monoisotopic (exact) mass is 402 g/mol. The van der Waals surface area contributed by atoms with Crippen LogP contribution in [0.4, 0.5) is 11.4 Å². The van der Waals surface area contributed by atoms with E-state index in [0.29, 0.717) is 11.4 Å². The Morgan fingerprint density at radius 2 is 1.32 bits per heavy atom. The summed E-state index contributed by atoms with van der Waals surface area (Å²) in [4.78, 5) is 4.99. The molecule has 4 aromatic carbocycles. The second-order valence-electron chi connectivity index (χ2n) is 7.61. The highest BCUT2D eigenvalue weighted by Gasteiger charge is 2.16. The quantitative estimate of drug-likeness (QED) is 0.318. The average molecular weight is 402 g/mol. The summed E-state index contributed by atoms with van der Waals surface area (Å²) in [5.74, 6) is 0. The number of para-hydroxylation sites is 1. The first-order valence-corrected chi connectivity index (χ1v) is 10.3. The Morgan fingerprint density at radius 3 is 2.00 bits per heavy atom. The van der Waals surface area contributed by atoms with E-state index in [2.05, 4.69) is 36.4 Å². The zero-order chi connectivity index (χ0) is 21.2. The summed E-state index contributed by atoms with van der Waals surface area (Å²) in [6.07, 6.45) is 0. The number of aromatic nitrogens is 1. The van der Waals surface area contributed by atoms with Gasteiger partial charge in [-0.3, -0.25) is 5.21 Å². The van der Waals surface area contributed by atoms with Gasteiger partial charge in [-0.15, -0.1) is 0 Å². The predicted octanol–water partition coefficient (Wildman–Crippen LogP) is 7.40. The maximum atomic E-state index is 11.1. The lowest BCUT2D eigenvalue weighted by Gasteiger charge is -2.20. The van der Waals surface area contributed by atoms with Crippen molar-refractivity contribution < 1.29 is 5.21 Å². The standard InChI is InChI=1S/C28H22N2O/c1-20-15-17-23(18-16-20)30(31)27-14-8-13-24-25(21-9-4-2-5-10-21)19-26(29-28(24)27)22-11-6-3-7-12-22/h2-19,31H,1H3. The summed E-state index contributed by atoms with van der Waals surface area (Å²) in [7, 11) is 0. The van der Waals surface area contributed by atoms with E-state index in [1.807, 2.05) is 79.7 Å². The van der Waals surface area contributed by atoms with Gasteiger partial charge in [0.05, 0.1) is 22.6 Å². The molecule has 0 fully saturated rings. The van der Waals surface area contributed by atoms with Gasteiger partial charge in [0.25, 0.3) is 0 Å². The molecule has 0 spiro atoms. The van der Waals surface area contributed by atoms with Gasteiger partial charge >= 0.3 is 0 Å². The van der Waals surface area contributed by atoms with Crippen LogP contribution < -0.4 is 5.06 Å². The molecule has 150 valence electrons. The van der Waals surface area contributed by atoms with Crippen molar-refractivity contribution in [1.82, 2.24) is 4.98 Å². The van der Waals surface area contributed by atoms with Crippen LogP contribution in [0.3, 0.4) is 0 Å². The molecule has 0 aliphatic rings. The van der Waals surface area contributed by atoms with E-state index in [1.54, 1.807) is 0 Å². The van der Waals surface area contributed by atoms with Gasteiger partial charge in [-0.2, -0.15) is 0 Å². The summed E-state index contributed by atoms with van der Waals surface area (Å²) in [5, 5.41) is 13.3. The zero-order valence-corrected chi connectivity index (χ0v) is 17.2. The predicted molar refractivity (Wildman–Crippen MR) is 128 cm³/mol. The Kier molecular flexibility index (Phi) is 4.95. The molecule has 0 radical (unpaired) electrons. The van der Waals surface area contributed by atoms with Crippen LogP contribution >= 0.6 is 0 Å². The smallest absolute Gasteiger partial charge is 0.0977 e. The molecule has 5 aromatic rings. The minimum absolute atomic E-state index is 0.649. The van der Waals surface area contributed by atoms with Crippen LogP contribution in [0.1, 0.15) is 5.56 Å². The topological polar surface area (TPSA) is 36.4 Å². The molecule has 31 heavy (non-hydrogen) atoms. The number of fused-ring (bicyclic) bond motifs is 1. The van der Waals surface area contributed by atoms with E-state index in [0.717, 1.165) is 38.9 Å². The Morgan fingerprint density at radius 1 is 0.677 bits per heavy atom. The molecule has 0 aliphatic heterocycles. The highest BCUT2D eigenvalue weighted by atomic mass is 16.5. The molecule has 0 atom stereocenters. The van der Waals surface area contributed by atoms with Crippen molar-refractivity contribution in [1.29, 1.82) is 0 Å². The van der Waals surface area contributed by atoms with Crippen molar-refractivity contribution in [2.24, 2.45) is 0 Å². The van der Waals surface area contributed by atoms with Crippen LogP contribution in [0.15, 0.2) is 109 Å². The molecule has 0 saturated heterocycles. The van der Waals surface area contributed by atoms with Crippen molar-refractivity contribution in [2.45, 2.75) is 6.92 Å². The van der Waals surface area contributed by atoms with E-state index < -0.39 is 0 Å². The van der Waals surface area contributed by atoms with Crippen molar-refractivity contribution in [2.75, 3.05) is 5.06 Å². The third-order valence-corrected chi connectivity index (χ3v) is 5.48. The number of anilines is 2. The highest BCUT2D eigenvalue weighted by molar-refractivity contribution is 6.03. The van der Waals surface area contributed by atoms with Gasteiger partial charge in [0, 0.05) is 10.9 Å². The molecule has 1 aromatic heterocycles. The number of pyridine rings is 1. The van der Waals surface area contributed by atoms with E-state index in [4.69, 9.17) is 4.98 Å². The fourth-order valence-electron chi connectivity index (χ4n) is 3.84. The lowest BCUT2D eigenvalue weighted by molar-refractivity contribution is 0.302. The lowest BCUT2D eigenvalue weighted by Crippen LogP contribution is -2.11. The molecule has 3 heteroatoms. The van der Waals surface area contributed by atoms with Crippen molar-refractivity contribution in [3.8, 4) is 22.4 Å². The van der Waals surface area contributed by atoms with Crippen LogP contribution in [-0.4, -0.2) is 10.2 Å². The van der Waals surface area contributed by atoms with Crippen molar-refractivity contribution in [3.63, 3.8) is 0 Å². The number of aryl methyl sites for hydroxylation is 1. The van der Waals surface area contributed by atoms with Gasteiger partial charge in [0.15, 0.2) is 0 Å². The third-order valence-electron chi connectivity index (χ3n) is 5.48. The third kappa shape index (κ3) is 3.67. The van der Waals surface area contributed by atoms with Crippen LogP contribution in [0.2, 0.25) is 0 Å². The highest BCUT2D eigenvalue weighted by Crippen LogP contribution is 2.37. The van der Waals surface area contributed by atoms with Gasteiger partial charge in [-0.1, -0.05) is 90.5 Å². The maximum Gasteiger partial charge on any atom is 0.0977 e. The fraction of sp³-hybridized carbons (Fsp3) is 0.0357. The molecular formula is C28H22N2O. The zero-order valence-electron chi connectivity index (χ0n) is 17.2. The second-order valence-corrected chi connectivity index (χ2v) is 7.61. The summed E-state index contributed by atoms with van der Waals surface area (Å²) in [5.41, 5.74) is 7.36. The Balaban J connectivity index is 1.77. The molecule has 3 nitrogen and oxygen atoms in total. The largest absolute Gasteiger partial charge is 0.283 e. The minimum Gasteiger partial charge on any atom is -0.283 e. The van der Waals surface area contributed by atoms with Crippen molar-refractivity contribution >= 4 is 22.3 Å². The van der Waals surface area contributed by atoms with Crippen LogP contribution in [0.5, 0.6) is 0 Å². The number of benzene rings is 4. The van der Waals surface area contributed by atoms with E-state index >= 15 is 0 Å². The molecular weight excluding hydrogens is 380 g/mol. The van der Waals surface area contributed by atoms with E-state index in [-0.39, 0.29) is 0 Å². The summed E-state index contributed by atoms with van der Waals surface area (Å²) in [6.45, 7) is 2.03. The Labute approximate surface area is 181 Å². The number of rotatable bonds is 4. The van der Waals surface area contributed by atoms with Crippen molar-refractivity contribution in [3.05, 3.63) is 115 Å². The number of hydrogen-bond acceptors (Lipinski definition) is 3. The van der Waals surface area contributed by atoms with Gasteiger partial charge in [0.2, 0.25) is 0 Å². The molecule has 0 saturated carbocycles. The minimum atomic E-state index is 0.649.